The average molecular weight is 700 g/mol. The molecule has 5 nitrogen and oxygen atoms in total. The molecule has 0 N–H and O–H groups in total. The van der Waals surface area contributed by atoms with Gasteiger partial charge >= 0.3 is 0 Å². The van der Waals surface area contributed by atoms with E-state index >= 15 is 0 Å². The summed E-state index contributed by atoms with van der Waals surface area (Å²) in [6, 6.07) is 65.9. The van der Waals surface area contributed by atoms with Crippen molar-refractivity contribution in [3.05, 3.63) is 187 Å². The molecule has 0 aliphatic heterocycles. The monoisotopic (exact) mass is 699 g/mol. The molecule has 8 aromatic carbocycles. The Hall–Kier alpha value is -7.86. The van der Waals surface area contributed by atoms with Crippen LogP contribution in [0.5, 0.6) is 0 Å². The van der Waals surface area contributed by atoms with Crippen molar-refractivity contribution in [1.29, 1.82) is 10.5 Å². The van der Waals surface area contributed by atoms with Crippen molar-refractivity contribution < 1.29 is 0 Å². The Morgan fingerprint density at radius 2 is 0.891 bits per heavy atom. The molecule has 0 fully saturated rings. The summed E-state index contributed by atoms with van der Waals surface area (Å²) in [5.41, 5.74) is 12.8. The normalized spacial score (nSPS) is 11.6. The molecule has 5 heteroatoms. The van der Waals surface area contributed by atoms with E-state index in [1.807, 2.05) is 24.3 Å². The summed E-state index contributed by atoms with van der Waals surface area (Å²) in [7, 11) is 0. The summed E-state index contributed by atoms with van der Waals surface area (Å²) in [5, 5.41) is 27.2. The zero-order chi connectivity index (χ0) is 36.6. The maximum Gasteiger partial charge on any atom is 0.0998 e. The number of hydrogen-bond acceptors (Lipinski definition) is 2. The van der Waals surface area contributed by atoms with Crippen molar-refractivity contribution in [2.45, 2.75) is 0 Å². The Morgan fingerprint density at radius 1 is 0.364 bits per heavy atom. The van der Waals surface area contributed by atoms with Gasteiger partial charge in [0.05, 0.1) is 62.1 Å². The van der Waals surface area contributed by atoms with Crippen LogP contribution in [-0.2, 0) is 0 Å². The molecule has 0 amide bonds. The first-order chi connectivity index (χ1) is 27.2. The third kappa shape index (κ3) is 4.45. The Kier molecular flexibility index (Phi) is 6.61. The van der Waals surface area contributed by atoms with Gasteiger partial charge in [0.1, 0.15) is 0 Å². The van der Waals surface area contributed by atoms with Crippen molar-refractivity contribution in [2.24, 2.45) is 0 Å². The number of aromatic nitrogens is 3. The first kappa shape index (κ1) is 30.7. The Morgan fingerprint density at radius 3 is 1.55 bits per heavy atom. The van der Waals surface area contributed by atoms with Gasteiger partial charge < -0.3 is 13.7 Å². The molecule has 0 unspecified atom stereocenters. The fourth-order valence-electron chi connectivity index (χ4n) is 8.77. The quantitative estimate of drug-likeness (QED) is 0.184. The van der Waals surface area contributed by atoms with Gasteiger partial charge in [0.25, 0.3) is 0 Å². The summed E-state index contributed by atoms with van der Waals surface area (Å²) in [5.74, 6) is 0. The maximum atomic E-state index is 10.6. The predicted molar refractivity (Wildman–Crippen MR) is 224 cm³/mol. The van der Waals surface area contributed by atoms with E-state index in [0.717, 1.165) is 71.8 Å². The maximum absolute atomic E-state index is 10.6. The fraction of sp³-hybridized carbons (Fsp3) is 0. The molecule has 0 saturated carbocycles. The smallest absolute Gasteiger partial charge is 0.0998 e. The lowest BCUT2D eigenvalue weighted by Crippen LogP contribution is -1.98. The summed E-state index contributed by atoms with van der Waals surface area (Å²) in [6.45, 7) is 0. The lowest BCUT2D eigenvalue weighted by atomic mass is 9.99. The van der Waals surface area contributed by atoms with Gasteiger partial charge in [-0.25, -0.2) is 0 Å². The van der Waals surface area contributed by atoms with Crippen LogP contribution in [0.3, 0.4) is 0 Å². The van der Waals surface area contributed by atoms with Crippen LogP contribution in [0.2, 0.25) is 0 Å². The molecule has 3 heterocycles. The van der Waals surface area contributed by atoms with E-state index in [2.05, 4.69) is 177 Å². The average Bonchev–Trinajstić information content (AvgIpc) is 3.89. The van der Waals surface area contributed by atoms with Crippen molar-refractivity contribution in [3.63, 3.8) is 0 Å². The largest absolute Gasteiger partial charge is 0.309 e. The number of fused-ring (bicyclic) bond motifs is 9. The Bertz CT molecular complexity index is 3400. The summed E-state index contributed by atoms with van der Waals surface area (Å²) in [4.78, 5) is 0. The zero-order valence-corrected chi connectivity index (χ0v) is 29.5. The van der Waals surface area contributed by atoms with E-state index < -0.39 is 0 Å². The highest BCUT2D eigenvalue weighted by molar-refractivity contribution is 6.16. The summed E-state index contributed by atoms with van der Waals surface area (Å²) in [6.07, 6.45) is 0. The van der Waals surface area contributed by atoms with E-state index in [-0.39, 0.29) is 0 Å². The second kappa shape index (κ2) is 11.8. The van der Waals surface area contributed by atoms with E-state index in [9.17, 15) is 10.5 Å². The van der Waals surface area contributed by atoms with Crippen LogP contribution in [0.1, 0.15) is 11.1 Å². The standard InChI is InChI=1S/C50H29N5/c51-30-32-20-27-47-42(28-32)40-12-3-7-16-45(40)55(47)49-19-9-18-48-50(49)41-13-4-8-17-46(41)54(48)36-25-26-37(34(29-36)31-52)33-21-23-35(24-22-33)53-43-14-5-1-10-38(43)39-11-2-6-15-44(39)53/h1-29H. The molecule has 11 rings (SSSR count). The number of hydrogen-bond donors (Lipinski definition) is 0. The van der Waals surface area contributed by atoms with Gasteiger partial charge in [-0.1, -0.05) is 97.1 Å². The Balaban J connectivity index is 1.06. The van der Waals surface area contributed by atoms with Crippen molar-refractivity contribution in [2.75, 3.05) is 0 Å². The van der Waals surface area contributed by atoms with Crippen LogP contribution in [0.4, 0.5) is 0 Å². The molecule has 0 radical (unpaired) electrons. The van der Waals surface area contributed by atoms with Gasteiger partial charge in [-0.05, 0) is 90.0 Å². The van der Waals surface area contributed by atoms with Crippen molar-refractivity contribution in [3.8, 4) is 40.3 Å². The molecule has 0 aliphatic rings. The van der Waals surface area contributed by atoms with Crippen LogP contribution in [0.15, 0.2) is 176 Å². The molecule has 0 bridgehead atoms. The molecule has 0 spiro atoms. The SMILES string of the molecule is N#Cc1ccc2c(c1)c1ccccc1n2-c1cccc2c1c1ccccc1n2-c1ccc(-c2ccc(-n3c4ccccc4c4ccccc43)cc2)c(C#N)c1. The lowest BCUT2D eigenvalue weighted by Gasteiger charge is -2.13. The predicted octanol–water partition coefficient (Wildman–Crippen LogP) is 12.4. The third-order valence-electron chi connectivity index (χ3n) is 11.1. The molecule has 0 saturated heterocycles. The minimum atomic E-state index is 0.611. The van der Waals surface area contributed by atoms with Crippen LogP contribution >= 0.6 is 0 Å². The van der Waals surface area contributed by atoms with Crippen molar-refractivity contribution in [1.82, 2.24) is 13.7 Å². The Labute approximate surface area is 316 Å². The summed E-state index contributed by atoms with van der Waals surface area (Å²) >= 11 is 0. The minimum Gasteiger partial charge on any atom is -0.309 e. The summed E-state index contributed by atoms with van der Waals surface area (Å²) < 4.78 is 6.89. The zero-order valence-electron chi connectivity index (χ0n) is 29.5. The van der Waals surface area contributed by atoms with Crippen LogP contribution in [0.25, 0.3) is 93.6 Å². The first-order valence-electron chi connectivity index (χ1n) is 18.3. The van der Waals surface area contributed by atoms with E-state index in [0.29, 0.717) is 11.1 Å². The second-order valence-electron chi connectivity index (χ2n) is 14.0. The van der Waals surface area contributed by atoms with Gasteiger partial charge in [-0.3, -0.25) is 0 Å². The second-order valence-corrected chi connectivity index (χ2v) is 14.0. The minimum absolute atomic E-state index is 0.611. The van der Waals surface area contributed by atoms with Gasteiger partial charge in [0.2, 0.25) is 0 Å². The molecule has 0 aliphatic carbocycles. The molecular formula is C50H29N5. The number of rotatable bonds is 4. The van der Waals surface area contributed by atoms with Gasteiger partial charge in [0.15, 0.2) is 0 Å². The molecule has 11 aromatic rings. The molecular weight excluding hydrogens is 671 g/mol. The topological polar surface area (TPSA) is 62.4 Å². The number of nitrogens with zero attached hydrogens (tertiary/aromatic N) is 5. The van der Waals surface area contributed by atoms with Gasteiger partial charge in [-0.2, -0.15) is 10.5 Å². The number of nitriles is 2. The van der Waals surface area contributed by atoms with Crippen LogP contribution in [-0.4, -0.2) is 13.7 Å². The molecule has 254 valence electrons. The van der Waals surface area contributed by atoms with Crippen LogP contribution in [0, 0.1) is 22.7 Å². The number of para-hydroxylation sites is 4. The highest BCUT2D eigenvalue weighted by atomic mass is 15.0. The molecule has 0 atom stereocenters. The van der Waals surface area contributed by atoms with E-state index in [1.54, 1.807) is 0 Å². The van der Waals surface area contributed by atoms with Gasteiger partial charge in [-0.15, -0.1) is 0 Å². The molecule has 55 heavy (non-hydrogen) atoms. The van der Waals surface area contributed by atoms with Crippen LogP contribution < -0.4 is 0 Å². The third-order valence-corrected chi connectivity index (χ3v) is 11.1. The van der Waals surface area contributed by atoms with Gasteiger partial charge in [0, 0.05) is 43.7 Å². The number of benzene rings is 8. The highest BCUT2D eigenvalue weighted by Gasteiger charge is 2.20. The van der Waals surface area contributed by atoms with Crippen molar-refractivity contribution >= 4 is 65.4 Å². The van der Waals surface area contributed by atoms with E-state index in [1.165, 1.54) is 21.8 Å². The highest BCUT2D eigenvalue weighted by Crippen LogP contribution is 2.41. The fourth-order valence-corrected chi connectivity index (χ4v) is 8.77. The van der Waals surface area contributed by atoms with E-state index in [4.69, 9.17) is 0 Å². The first-order valence-corrected chi connectivity index (χ1v) is 18.3. The molecule has 3 aromatic heterocycles. The lowest BCUT2D eigenvalue weighted by molar-refractivity contribution is 1.17.